The molecule has 0 amide bonds. The number of H-pyrrole nitrogens is 1. The fraction of sp³-hybridized carbons (Fsp3) is 0.300. The number of para-hydroxylation sites is 1. The van der Waals surface area contributed by atoms with Crippen LogP contribution in [0.1, 0.15) is 34.7 Å². The number of hydrogen-bond donors (Lipinski definition) is 1. The van der Waals surface area contributed by atoms with Gasteiger partial charge in [0.15, 0.2) is 11.5 Å². The number of aryl methyl sites for hydroxylation is 2. The minimum absolute atomic E-state index is 0.0636. The number of thiophene rings is 1. The van der Waals surface area contributed by atoms with Crippen molar-refractivity contribution < 1.29 is 18.3 Å². The smallest absolute Gasteiger partial charge is 0.387 e. The molecule has 0 spiro atoms. The van der Waals surface area contributed by atoms with Crippen molar-refractivity contribution in [2.45, 2.75) is 32.3 Å². The Balaban J connectivity index is 1.72. The van der Waals surface area contributed by atoms with Gasteiger partial charge in [-0.05, 0) is 49.5 Å². The molecule has 0 saturated carbocycles. The molecule has 0 atom stereocenters. The van der Waals surface area contributed by atoms with E-state index in [9.17, 15) is 13.6 Å². The summed E-state index contributed by atoms with van der Waals surface area (Å²) in [6.45, 7) is -2.98. The molecule has 0 saturated heterocycles. The van der Waals surface area contributed by atoms with Gasteiger partial charge in [0.2, 0.25) is 0 Å². The number of ether oxygens (including phenoxy) is 2. The highest BCUT2D eigenvalue weighted by Gasteiger charge is 2.19. The van der Waals surface area contributed by atoms with Crippen LogP contribution in [0.5, 0.6) is 11.5 Å². The molecule has 2 aromatic heterocycles. The van der Waals surface area contributed by atoms with Crippen molar-refractivity contribution in [2.75, 3.05) is 7.11 Å². The van der Waals surface area contributed by atoms with Crippen molar-refractivity contribution in [1.82, 2.24) is 9.97 Å². The van der Waals surface area contributed by atoms with Crippen molar-refractivity contribution in [1.29, 1.82) is 0 Å². The van der Waals surface area contributed by atoms with Crippen LogP contribution >= 0.6 is 11.3 Å². The second-order valence-electron chi connectivity index (χ2n) is 6.43. The predicted molar refractivity (Wildman–Crippen MR) is 105 cm³/mol. The van der Waals surface area contributed by atoms with E-state index in [2.05, 4.69) is 14.7 Å². The molecular weight excluding hydrogens is 386 g/mol. The van der Waals surface area contributed by atoms with E-state index in [4.69, 9.17) is 4.74 Å². The molecule has 2 heterocycles. The van der Waals surface area contributed by atoms with E-state index in [-0.39, 0.29) is 17.1 Å². The highest BCUT2D eigenvalue weighted by Crippen LogP contribution is 2.35. The van der Waals surface area contributed by atoms with Crippen LogP contribution in [0.25, 0.3) is 22.4 Å². The summed E-state index contributed by atoms with van der Waals surface area (Å²) in [6.07, 6.45) is 7.26. The number of hydrogen-bond acceptors (Lipinski definition) is 5. The van der Waals surface area contributed by atoms with Crippen LogP contribution in [0.3, 0.4) is 0 Å². The standard InChI is InChI=1S/C20H18F2N2O3S/c1-26-13-7-4-5-11(17(13)27-20(21)22)9-10-15-23-18(25)16-12-6-2-3-8-14(12)28-19(16)24-15/h4-5,7,9-10,20H,2-3,6,8H2,1H3,(H,23,24,25)/b10-9+. The number of nitrogens with one attached hydrogen (secondary N) is 1. The molecule has 3 aromatic rings. The first-order chi connectivity index (χ1) is 13.6. The first-order valence-corrected chi connectivity index (χ1v) is 9.73. The monoisotopic (exact) mass is 404 g/mol. The largest absolute Gasteiger partial charge is 0.493 e. The van der Waals surface area contributed by atoms with Crippen molar-refractivity contribution in [2.24, 2.45) is 0 Å². The molecular formula is C20H18F2N2O3S. The maximum absolute atomic E-state index is 12.8. The zero-order valence-electron chi connectivity index (χ0n) is 15.1. The highest BCUT2D eigenvalue weighted by atomic mass is 32.1. The van der Waals surface area contributed by atoms with E-state index in [1.807, 2.05) is 0 Å². The zero-order chi connectivity index (χ0) is 19.7. The molecule has 28 heavy (non-hydrogen) atoms. The Morgan fingerprint density at radius 2 is 2.07 bits per heavy atom. The summed E-state index contributed by atoms with van der Waals surface area (Å²) in [4.78, 5) is 21.9. The quantitative estimate of drug-likeness (QED) is 0.673. The van der Waals surface area contributed by atoms with E-state index >= 15 is 0 Å². The van der Waals surface area contributed by atoms with Crippen LogP contribution < -0.4 is 15.0 Å². The molecule has 0 bridgehead atoms. The maximum Gasteiger partial charge on any atom is 0.387 e. The lowest BCUT2D eigenvalue weighted by Crippen LogP contribution is -2.11. The van der Waals surface area contributed by atoms with Gasteiger partial charge >= 0.3 is 6.61 Å². The third kappa shape index (κ3) is 3.52. The SMILES string of the molecule is COc1cccc(/C=C/c2nc3sc4c(c3c(=O)[nH]2)CCCC4)c1OC(F)F. The first kappa shape index (κ1) is 18.6. The van der Waals surface area contributed by atoms with Crippen LogP contribution in [-0.2, 0) is 12.8 Å². The predicted octanol–water partition coefficient (Wildman–Crippen LogP) is 4.64. The number of rotatable bonds is 5. The van der Waals surface area contributed by atoms with Gasteiger partial charge in [0.25, 0.3) is 5.56 Å². The molecule has 0 unspecified atom stereocenters. The minimum atomic E-state index is -2.98. The van der Waals surface area contributed by atoms with Crippen LogP contribution in [0, 0.1) is 0 Å². The molecule has 1 aliphatic carbocycles. The maximum atomic E-state index is 12.8. The third-order valence-electron chi connectivity index (χ3n) is 4.70. The molecule has 1 aliphatic rings. The van der Waals surface area contributed by atoms with Gasteiger partial charge < -0.3 is 14.5 Å². The molecule has 0 fully saturated rings. The van der Waals surface area contributed by atoms with Gasteiger partial charge in [-0.2, -0.15) is 8.78 Å². The summed E-state index contributed by atoms with van der Waals surface area (Å²) in [5.74, 6) is 0.499. The van der Waals surface area contributed by atoms with Crippen molar-refractivity contribution >= 4 is 33.7 Å². The Labute approximate surface area is 163 Å². The Hall–Kier alpha value is -2.74. The number of aromatic nitrogens is 2. The van der Waals surface area contributed by atoms with Crippen LogP contribution in [0.4, 0.5) is 8.78 Å². The van der Waals surface area contributed by atoms with Crippen LogP contribution in [0.2, 0.25) is 0 Å². The number of halogens is 2. The fourth-order valence-corrected chi connectivity index (χ4v) is 4.74. The van der Waals surface area contributed by atoms with Crippen molar-refractivity contribution in [3.05, 3.63) is 50.4 Å². The average molecular weight is 404 g/mol. The van der Waals surface area contributed by atoms with E-state index in [1.54, 1.807) is 35.6 Å². The first-order valence-electron chi connectivity index (χ1n) is 8.91. The summed E-state index contributed by atoms with van der Waals surface area (Å²) >= 11 is 1.56. The molecule has 146 valence electrons. The van der Waals surface area contributed by atoms with Gasteiger partial charge in [-0.3, -0.25) is 4.79 Å². The van der Waals surface area contributed by atoms with Crippen molar-refractivity contribution in [3.63, 3.8) is 0 Å². The molecule has 4 rings (SSSR count). The van der Waals surface area contributed by atoms with Crippen LogP contribution in [0.15, 0.2) is 23.0 Å². The minimum Gasteiger partial charge on any atom is -0.493 e. The number of methoxy groups -OCH3 is 1. The normalized spacial score (nSPS) is 14.0. The van der Waals surface area contributed by atoms with Gasteiger partial charge in [-0.15, -0.1) is 11.3 Å². The van der Waals surface area contributed by atoms with E-state index in [0.717, 1.165) is 31.2 Å². The van der Waals surface area contributed by atoms with Gasteiger partial charge in [0, 0.05) is 10.4 Å². The lowest BCUT2D eigenvalue weighted by atomic mass is 9.97. The third-order valence-corrected chi connectivity index (χ3v) is 5.89. The Bertz CT molecular complexity index is 1100. The Morgan fingerprint density at radius 1 is 1.25 bits per heavy atom. The summed E-state index contributed by atoms with van der Waals surface area (Å²) in [5.41, 5.74) is 1.35. The molecule has 1 aromatic carbocycles. The number of nitrogens with zero attached hydrogens (tertiary/aromatic N) is 1. The number of aromatic amines is 1. The highest BCUT2D eigenvalue weighted by molar-refractivity contribution is 7.18. The van der Waals surface area contributed by atoms with E-state index < -0.39 is 6.61 Å². The summed E-state index contributed by atoms with van der Waals surface area (Å²) in [6, 6.07) is 4.83. The average Bonchev–Trinajstić information content (AvgIpc) is 3.05. The molecule has 1 N–H and O–H groups in total. The molecule has 0 radical (unpaired) electrons. The fourth-order valence-electron chi connectivity index (χ4n) is 3.47. The van der Waals surface area contributed by atoms with Gasteiger partial charge in [-0.1, -0.05) is 12.1 Å². The van der Waals surface area contributed by atoms with Crippen molar-refractivity contribution in [3.8, 4) is 11.5 Å². The van der Waals surface area contributed by atoms with Gasteiger partial charge in [0.1, 0.15) is 10.7 Å². The number of fused-ring (bicyclic) bond motifs is 3. The number of alkyl halides is 2. The second-order valence-corrected chi connectivity index (χ2v) is 7.52. The lowest BCUT2D eigenvalue weighted by molar-refractivity contribution is -0.0513. The second kappa shape index (κ2) is 7.71. The zero-order valence-corrected chi connectivity index (χ0v) is 15.9. The van der Waals surface area contributed by atoms with Gasteiger partial charge in [-0.25, -0.2) is 4.98 Å². The van der Waals surface area contributed by atoms with E-state index in [0.29, 0.717) is 21.6 Å². The number of benzene rings is 1. The Morgan fingerprint density at radius 3 is 2.86 bits per heavy atom. The van der Waals surface area contributed by atoms with Crippen LogP contribution in [-0.4, -0.2) is 23.7 Å². The van der Waals surface area contributed by atoms with E-state index in [1.165, 1.54) is 18.1 Å². The molecule has 0 aliphatic heterocycles. The summed E-state index contributed by atoms with van der Waals surface area (Å²) in [5, 5.41) is 0.681. The van der Waals surface area contributed by atoms with Gasteiger partial charge in [0.05, 0.1) is 12.5 Å². The lowest BCUT2D eigenvalue weighted by Gasteiger charge is -2.12. The summed E-state index contributed by atoms with van der Waals surface area (Å²) in [7, 11) is 1.38. The topological polar surface area (TPSA) is 64.2 Å². The summed E-state index contributed by atoms with van der Waals surface area (Å²) < 4.78 is 35.2. The molecule has 5 nitrogen and oxygen atoms in total. The Kier molecular flexibility index (Phi) is 5.13. The molecule has 8 heteroatoms.